The molecule has 102 valence electrons. The van der Waals surface area contributed by atoms with Crippen molar-refractivity contribution in [2.24, 2.45) is 11.3 Å². The van der Waals surface area contributed by atoms with Crippen molar-refractivity contribution < 1.29 is 4.74 Å². The zero-order valence-corrected chi connectivity index (χ0v) is 12.4. The second-order valence-electron chi connectivity index (χ2n) is 6.18. The fraction of sp³-hybridized carbons (Fsp3) is 0.625. The van der Waals surface area contributed by atoms with Crippen LogP contribution in [0.5, 0.6) is 5.75 Å². The topological polar surface area (TPSA) is 21.3 Å². The van der Waals surface area contributed by atoms with E-state index in [0.717, 1.165) is 25.3 Å². The van der Waals surface area contributed by atoms with Crippen LogP contribution < -0.4 is 10.1 Å². The normalized spacial score (nSPS) is 11.9. The van der Waals surface area contributed by atoms with Gasteiger partial charge in [-0.25, -0.2) is 0 Å². The van der Waals surface area contributed by atoms with Gasteiger partial charge in [-0.1, -0.05) is 45.9 Å². The average molecular weight is 249 g/mol. The number of nitrogens with one attached hydrogen (secondary N) is 1. The maximum Gasteiger partial charge on any atom is 0.122 e. The van der Waals surface area contributed by atoms with Crippen molar-refractivity contribution in [3.63, 3.8) is 0 Å². The first-order chi connectivity index (χ1) is 8.44. The van der Waals surface area contributed by atoms with Crippen LogP contribution >= 0.6 is 0 Å². The number of hydrogen-bond acceptors (Lipinski definition) is 2. The molecule has 1 N–H and O–H groups in total. The van der Waals surface area contributed by atoms with E-state index >= 15 is 0 Å². The van der Waals surface area contributed by atoms with Gasteiger partial charge in [0.2, 0.25) is 0 Å². The molecule has 0 aromatic heterocycles. The predicted octanol–water partition coefficient (Wildman–Crippen LogP) is 3.51. The smallest absolute Gasteiger partial charge is 0.122 e. The van der Waals surface area contributed by atoms with Crippen LogP contribution in [0.25, 0.3) is 0 Å². The summed E-state index contributed by atoms with van der Waals surface area (Å²) in [5.41, 5.74) is 1.53. The molecular formula is C16H27NO. The van der Waals surface area contributed by atoms with Crippen LogP contribution in [0.15, 0.2) is 24.3 Å². The molecule has 0 amide bonds. The molecule has 0 spiro atoms. The lowest BCUT2D eigenvalue weighted by Gasteiger charge is -2.26. The van der Waals surface area contributed by atoms with E-state index < -0.39 is 0 Å². The van der Waals surface area contributed by atoms with Crippen molar-refractivity contribution in [1.82, 2.24) is 5.32 Å². The van der Waals surface area contributed by atoms with Gasteiger partial charge in [0.15, 0.2) is 0 Å². The lowest BCUT2D eigenvalue weighted by molar-refractivity contribution is 0.322. The van der Waals surface area contributed by atoms with Gasteiger partial charge in [-0.3, -0.25) is 0 Å². The molecule has 1 rings (SSSR count). The van der Waals surface area contributed by atoms with Crippen molar-refractivity contribution in [1.29, 1.82) is 0 Å². The van der Waals surface area contributed by atoms with E-state index in [4.69, 9.17) is 4.74 Å². The Bertz CT molecular complexity index is 358. The third-order valence-corrected chi connectivity index (χ3v) is 3.02. The van der Waals surface area contributed by atoms with Crippen LogP contribution in [0.1, 0.15) is 33.3 Å². The van der Waals surface area contributed by atoms with Gasteiger partial charge < -0.3 is 10.1 Å². The molecule has 1 aromatic rings. The maximum absolute atomic E-state index is 5.41. The molecule has 0 unspecified atom stereocenters. The Hall–Kier alpha value is -1.02. The Kier molecular flexibility index (Phi) is 5.67. The van der Waals surface area contributed by atoms with Crippen molar-refractivity contribution in [2.75, 3.05) is 20.2 Å². The zero-order valence-electron chi connectivity index (χ0n) is 12.4. The molecule has 0 radical (unpaired) electrons. The van der Waals surface area contributed by atoms with Gasteiger partial charge >= 0.3 is 0 Å². The highest BCUT2D eigenvalue weighted by molar-refractivity contribution is 5.33. The van der Waals surface area contributed by atoms with Gasteiger partial charge in [0.25, 0.3) is 0 Å². The van der Waals surface area contributed by atoms with E-state index in [9.17, 15) is 0 Å². The fourth-order valence-corrected chi connectivity index (χ4v) is 2.13. The molecule has 18 heavy (non-hydrogen) atoms. The second kappa shape index (κ2) is 6.79. The second-order valence-corrected chi connectivity index (χ2v) is 6.18. The lowest BCUT2D eigenvalue weighted by atomic mass is 9.85. The molecule has 2 nitrogen and oxygen atoms in total. The largest absolute Gasteiger partial charge is 0.496 e. The zero-order chi connectivity index (χ0) is 13.6. The molecule has 0 bridgehead atoms. The molecule has 0 atom stereocenters. The molecule has 2 heteroatoms. The Labute approximate surface area is 112 Å². The molecule has 0 fully saturated rings. The minimum atomic E-state index is 0.240. The van der Waals surface area contributed by atoms with Crippen LogP contribution in [0.4, 0.5) is 0 Å². The first-order valence-corrected chi connectivity index (χ1v) is 6.77. The van der Waals surface area contributed by atoms with Gasteiger partial charge in [0, 0.05) is 6.54 Å². The van der Waals surface area contributed by atoms with Crippen LogP contribution in [0.2, 0.25) is 0 Å². The van der Waals surface area contributed by atoms with Crippen LogP contribution in [0.3, 0.4) is 0 Å². The average Bonchev–Trinajstić information content (AvgIpc) is 2.28. The van der Waals surface area contributed by atoms with Gasteiger partial charge in [-0.05, 0) is 35.9 Å². The number of rotatable bonds is 7. The third-order valence-electron chi connectivity index (χ3n) is 3.02. The quantitative estimate of drug-likeness (QED) is 0.798. The molecule has 1 aromatic carbocycles. The minimum Gasteiger partial charge on any atom is -0.496 e. The minimum absolute atomic E-state index is 0.240. The highest BCUT2D eigenvalue weighted by atomic mass is 16.5. The summed E-state index contributed by atoms with van der Waals surface area (Å²) in [6.07, 6.45) is 1.03. The number of ether oxygens (including phenoxy) is 1. The summed E-state index contributed by atoms with van der Waals surface area (Å²) in [6, 6.07) is 8.29. The van der Waals surface area contributed by atoms with Crippen LogP contribution in [-0.2, 0) is 6.42 Å². The number of methoxy groups -OCH3 is 1. The van der Waals surface area contributed by atoms with E-state index in [1.165, 1.54) is 5.56 Å². The number of para-hydroxylation sites is 1. The molecule has 0 aliphatic carbocycles. The van der Waals surface area contributed by atoms with E-state index in [-0.39, 0.29) is 5.41 Å². The molecule has 0 saturated heterocycles. The highest BCUT2D eigenvalue weighted by Crippen LogP contribution is 2.27. The Morgan fingerprint density at radius 1 is 1.22 bits per heavy atom. The predicted molar refractivity (Wildman–Crippen MR) is 78.2 cm³/mol. The summed E-state index contributed by atoms with van der Waals surface area (Å²) in [7, 11) is 1.74. The summed E-state index contributed by atoms with van der Waals surface area (Å²) in [4.78, 5) is 0. The monoisotopic (exact) mass is 249 g/mol. The SMILES string of the molecule is COc1ccccc1CC(C)(C)CNCC(C)C. The maximum atomic E-state index is 5.41. The van der Waals surface area contributed by atoms with E-state index in [2.05, 4.69) is 45.1 Å². The summed E-state index contributed by atoms with van der Waals surface area (Å²) in [6.45, 7) is 11.2. The van der Waals surface area contributed by atoms with E-state index in [1.54, 1.807) is 7.11 Å². The Morgan fingerprint density at radius 3 is 2.50 bits per heavy atom. The van der Waals surface area contributed by atoms with Crippen molar-refractivity contribution in [3.8, 4) is 5.75 Å². The van der Waals surface area contributed by atoms with Gasteiger partial charge in [0.05, 0.1) is 7.11 Å². The van der Waals surface area contributed by atoms with E-state index in [1.807, 2.05) is 12.1 Å². The van der Waals surface area contributed by atoms with Gasteiger partial charge in [-0.2, -0.15) is 0 Å². The van der Waals surface area contributed by atoms with Crippen LogP contribution in [0, 0.1) is 11.3 Å². The Morgan fingerprint density at radius 2 is 1.89 bits per heavy atom. The van der Waals surface area contributed by atoms with Gasteiger partial charge in [0.1, 0.15) is 5.75 Å². The number of benzene rings is 1. The summed E-state index contributed by atoms with van der Waals surface area (Å²) >= 11 is 0. The highest BCUT2D eigenvalue weighted by Gasteiger charge is 2.20. The fourth-order valence-electron chi connectivity index (χ4n) is 2.13. The van der Waals surface area contributed by atoms with Gasteiger partial charge in [-0.15, -0.1) is 0 Å². The van der Waals surface area contributed by atoms with Crippen molar-refractivity contribution >= 4 is 0 Å². The molecule has 0 saturated carbocycles. The standard InChI is InChI=1S/C16H27NO/c1-13(2)11-17-12-16(3,4)10-14-8-6-7-9-15(14)18-5/h6-9,13,17H,10-12H2,1-5H3. The molecule has 0 heterocycles. The molecule has 0 aliphatic heterocycles. The summed E-state index contributed by atoms with van der Waals surface area (Å²) in [5.74, 6) is 1.70. The van der Waals surface area contributed by atoms with Crippen LogP contribution in [-0.4, -0.2) is 20.2 Å². The summed E-state index contributed by atoms with van der Waals surface area (Å²) in [5, 5.41) is 3.54. The van der Waals surface area contributed by atoms with Crippen molar-refractivity contribution in [2.45, 2.75) is 34.1 Å². The first kappa shape index (κ1) is 15.0. The van der Waals surface area contributed by atoms with E-state index in [0.29, 0.717) is 5.92 Å². The molecule has 0 aliphatic rings. The summed E-state index contributed by atoms with van der Waals surface area (Å²) < 4.78 is 5.41. The molecular weight excluding hydrogens is 222 g/mol. The lowest BCUT2D eigenvalue weighted by Crippen LogP contribution is -2.33. The van der Waals surface area contributed by atoms with Crippen molar-refractivity contribution in [3.05, 3.63) is 29.8 Å². The first-order valence-electron chi connectivity index (χ1n) is 6.77. The Balaban J connectivity index is 2.58. The number of hydrogen-bond donors (Lipinski definition) is 1. The third kappa shape index (κ3) is 5.09.